The minimum Gasteiger partial charge on any atom is -0.313 e. The van der Waals surface area contributed by atoms with Gasteiger partial charge < -0.3 is 5.43 Å². The van der Waals surface area contributed by atoms with E-state index in [0.29, 0.717) is 0 Å². The van der Waals surface area contributed by atoms with Crippen LogP contribution in [0.2, 0.25) is 0 Å². The molecule has 0 fully saturated rings. The number of hydrogen-bond acceptors (Lipinski definition) is 6. The van der Waals surface area contributed by atoms with Gasteiger partial charge in [-0.15, -0.1) is 11.3 Å². The maximum Gasteiger partial charge on any atom is 0.125 e. The van der Waals surface area contributed by atoms with Gasteiger partial charge in [-0.25, -0.2) is 9.97 Å². The largest absolute Gasteiger partial charge is 0.313 e. The smallest absolute Gasteiger partial charge is 0.125 e. The standard InChI is InChI=1S/C19H19N5S/c1-12-18(25-19(22-12)14-6-4-10-21-11-14)16-9-8-13-5-3-7-15(24-20-2)17(13)23-16/h4,6,8-11,20H,3,5,7H2,1-2H3. The third-order valence-electron chi connectivity index (χ3n) is 4.30. The Morgan fingerprint density at radius 3 is 2.88 bits per heavy atom. The topological polar surface area (TPSA) is 63.1 Å². The van der Waals surface area contributed by atoms with Crippen LogP contribution in [0.5, 0.6) is 0 Å². The highest BCUT2D eigenvalue weighted by Gasteiger charge is 2.20. The molecule has 126 valence electrons. The van der Waals surface area contributed by atoms with Crippen molar-refractivity contribution in [3.05, 3.63) is 53.6 Å². The molecule has 4 rings (SSSR count). The highest BCUT2D eigenvalue weighted by atomic mass is 32.1. The van der Waals surface area contributed by atoms with E-state index < -0.39 is 0 Å². The molecule has 3 aromatic heterocycles. The van der Waals surface area contributed by atoms with Gasteiger partial charge in [0, 0.05) is 25.0 Å². The number of hydrazone groups is 1. The highest BCUT2D eigenvalue weighted by Crippen LogP contribution is 2.35. The van der Waals surface area contributed by atoms with Gasteiger partial charge in [-0.2, -0.15) is 5.10 Å². The average molecular weight is 349 g/mol. The minimum absolute atomic E-state index is 0.965. The maximum absolute atomic E-state index is 4.94. The van der Waals surface area contributed by atoms with Crippen LogP contribution in [0.3, 0.4) is 0 Å². The number of rotatable bonds is 3. The molecule has 0 aliphatic heterocycles. The molecule has 1 aliphatic rings. The Morgan fingerprint density at radius 2 is 2.08 bits per heavy atom. The Bertz CT molecular complexity index is 930. The molecule has 1 N–H and O–H groups in total. The average Bonchev–Trinajstić information content (AvgIpc) is 3.04. The molecule has 0 atom stereocenters. The number of hydrogen-bond donors (Lipinski definition) is 1. The van der Waals surface area contributed by atoms with E-state index in [1.165, 1.54) is 5.56 Å². The molecule has 1 aliphatic carbocycles. The number of nitrogens with one attached hydrogen (secondary N) is 1. The molecule has 3 aromatic rings. The molecule has 3 heterocycles. The van der Waals surface area contributed by atoms with Crippen molar-refractivity contribution < 1.29 is 0 Å². The third-order valence-corrected chi connectivity index (χ3v) is 5.53. The molecular formula is C19H19N5S. The second-order valence-corrected chi connectivity index (χ2v) is 7.01. The summed E-state index contributed by atoms with van der Waals surface area (Å²) < 4.78 is 0. The highest BCUT2D eigenvalue weighted by molar-refractivity contribution is 7.18. The predicted molar refractivity (Wildman–Crippen MR) is 102 cm³/mol. The summed E-state index contributed by atoms with van der Waals surface area (Å²) in [4.78, 5) is 15.0. The van der Waals surface area contributed by atoms with E-state index in [0.717, 1.165) is 57.5 Å². The number of pyridine rings is 2. The molecule has 0 unspecified atom stereocenters. The first-order valence-electron chi connectivity index (χ1n) is 8.38. The van der Waals surface area contributed by atoms with Crippen LogP contribution >= 0.6 is 11.3 Å². The van der Waals surface area contributed by atoms with E-state index in [1.807, 2.05) is 32.3 Å². The monoisotopic (exact) mass is 349 g/mol. The fourth-order valence-corrected chi connectivity index (χ4v) is 4.15. The molecular weight excluding hydrogens is 330 g/mol. The van der Waals surface area contributed by atoms with Crippen molar-refractivity contribution in [1.82, 2.24) is 20.4 Å². The lowest BCUT2D eigenvalue weighted by atomic mass is 9.94. The van der Waals surface area contributed by atoms with Crippen LogP contribution in [0.15, 0.2) is 41.8 Å². The fourth-order valence-electron chi connectivity index (χ4n) is 3.12. The lowest BCUT2D eigenvalue weighted by Crippen LogP contribution is -2.17. The summed E-state index contributed by atoms with van der Waals surface area (Å²) >= 11 is 1.66. The van der Waals surface area contributed by atoms with E-state index in [2.05, 4.69) is 27.6 Å². The lowest BCUT2D eigenvalue weighted by Gasteiger charge is -2.17. The third kappa shape index (κ3) is 3.05. The second kappa shape index (κ2) is 6.72. The summed E-state index contributed by atoms with van der Waals surface area (Å²) in [5.41, 5.74) is 9.25. The van der Waals surface area contributed by atoms with E-state index in [4.69, 9.17) is 9.97 Å². The number of fused-ring (bicyclic) bond motifs is 1. The summed E-state index contributed by atoms with van der Waals surface area (Å²) in [6.07, 6.45) is 6.78. The van der Waals surface area contributed by atoms with Gasteiger partial charge >= 0.3 is 0 Å². The Hall–Kier alpha value is -2.60. The van der Waals surface area contributed by atoms with Crippen molar-refractivity contribution in [3.63, 3.8) is 0 Å². The SMILES string of the molecule is CNN=C1CCCc2ccc(-c3sc(-c4cccnc4)nc3C)nc21. The molecule has 0 aromatic carbocycles. The molecule has 0 spiro atoms. The van der Waals surface area contributed by atoms with Gasteiger partial charge in [-0.3, -0.25) is 4.98 Å². The van der Waals surface area contributed by atoms with Crippen LogP contribution in [0.4, 0.5) is 0 Å². The molecule has 5 nitrogen and oxygen atoms in total. The van der Waals surface area contributed by atoms with Crippen molar-refractivity contribution in [2.45, 2.75) is 26.2 Å². The first-order valence-corrected chi connectivity index (χ1v) is 9.19. The molecule has 0 amide bonds. The zero-order valence-corrected chi connectivity index (χ0v) is 15.1. The van der Waals surface area contributed by atoms with Crippen molar-refractivity contribution in [1.29, 1.82) is 0 Å². The summed E-state index contributed by atoms with van der Waals surface area (Å²) in [5.74, 6) is 0. The summed E-state index contributed by atoms with van der Waals surface area (Å²) in [6.45, 7) is 2.04. The Morgan fingerprint density at radius 1 is 1.16 bits per heavy atom. The van der Waals surface area contributed by atoms with Crippen molar-refractivity contribution >= 4 is 17.0 Å². The summed E-state index contributed by atoms with van der Waals surface area (Å²) in [7, 11) is 1.83. The van der Waals surface area contributed by atoms with Crippen LogP contribution in [0.25, 0.3) is 21.1 Å². The number of nitrogens with zero attached hydrogens (tertiary/aromatic N) is 4. The van der Waals surface area contributed by atoms with Gasteiger partial charge in [0.1, 0.15) is 5.01 Å². The Kier molecular flexibility index (Phi) is 4.28. The van der Waals surface area contributed by atoms with E-state index in [9.17, 15) is 0 Å². The molecule has 0 radical (unpaired) electrons. The van der Waals surface area contributed by atoms with Crippen molar-refractivity contribution in [2.24, 2.45) is 5.10 Å². The van der Waals surface area contributed by atoms with E-state index in [1.54, 1.807) is 17.5 Å². The molecule has 0 saturated carbocycles. The van der Waals surface area contributed by atoms with Gasteiger partial charge in [-0.1, -0.05) is 6.07 Å². The Labute approximate surface area is 150 Å². The van der Waals surface area contributed by atoms with Gasteiger partial charge in [0.05, 0.1) is 27.7 Å². The van der Waals surface area contributed by atoms with Crippen LogP contribution < -0.4 is 5.43 Å². The Balaban J connectivity index is 1.77. The summed E-state index contributed by atoms with van der Waals surface area (Å²) in [5, 5.41) is 5.39. The molecule has 6 heteroatoms. The number of aryl methyl sites for hydroxylation is 2. The lowest BCUT2D eigenvalue weighted by molar-refractivity contribution is 0.802. The summed E-state index contributed by atoms with van der Waals surface area (Å²) in [6, 6.07) is 8.26. The maximum atomic E-state index is 4.94. The fraction of sp³-hybridized carbons (Fsp3) is 0.263. The molecule has 25 heavy (non-hydrogen) atoms. The number of thiazole rings is 1. The first kappa shape index (κ1) is 15.9. The first-order chi connectivity index (χ1) is 12.3. The van der Waals surface area contributed by atoms with Crippen molar-refractivity contribution in [2.75, 3.05) is 7.05 Å². The molecule has 0 saturated heterocycles. The minimum atomic E-state index is 0.965. The van der Waals surface area contributed by atoms with Gasteiger partial charge in [-0.05, 0) is 49.9 Å². The van der Waals surface area contributed by atoms with Gasteiger partial charge in [0.2, 0.25) is 0 Å². The van der Waals surface area contributed by atoms with Crippen molar-refractivity contribution in [3.8, 4) is 21.1 Å². The normalized spacial score (nSPS) is 15.2. The predicted octanol–water partition coefficient (Wildman–Crippen LogP) is 3.84. The molecule has 0 bridgehead atoms. The van der Waals surface area contributed by atoms with Crippen LogP contribution in [0, 0.1) is 6.92 Å². The van der Waals surface area contributed by atoms with Gasteiger partial charge in [0.15, 0.2) is 0 Å². The van der Waals surface area contributed by atoms with Crippen LogP contribution in [-0.4, -0.2) is 27.7 Å². The van der Waals surface area contributed by atoms with E-state index in [-0.39, 0.29) is 0 Å². The van der Waals surface area contributed by atoms with E-state index >= 15 is 0 Å². The van der Waals surface area contributed by atoms with Crippen LogP contribution in [-0.2, 0) is 6.42 Å². The zero-order valence-electron chi connectivity index (χ0n) is 14.3. The zero-order chi connectivity index (χ0) is 17.2. The van der Waals surface area contributed by atoms with Gasteiger partial charge in [0.25, 0.3) is 0 Å². The number of aromatic nitrogens is 3. The quantitative estimate of drug-likeness (QED) is 0.730. The van der Waals surface area contributed by atoms with Crippen LogP contribution in [0.1, 0.15) is 29.8 Å². The second-order valence-electron chi connectivity index (χ2n) is 6.02.